The van der Waals surface area contributed by atoms with Crippen LogP contribution in [0.25, 0.3) is 0 Å². The largest absolute Gasteiger partial charge is 0.339 e. The van der Waals surface area contributed by atoms with Gasteiger partial charge >= 0.3 is 0 Å². The van der Waals surface area contributed by atoms with Crippen LogP contribution in [0.5, 0.6) is 0 Å². The molecule has 82 valence electrons. The van der Waals surface area contributed by atoms with Crippen molar-refractivity contribution in [3.8, 4) is 6.07 Å². The molecule has 6 heteroatoms. The molecule has 0 saturated carbocycles. The van der Waals surface area contributed by atoms with Gasteiger partial charge in [0.25, 0.3) is 0 Å². The summed E-state index contributed by atoms with van der Waals surface area (Å²) >= 11 is 0. The molecule has 2 rings (SSSR count). The molecule has 6 nitrogen and oxygen atoms in total. The van der Waals surface area contributed by atoms with Crippen LogP contribution in [0, 0.1) is 11.3 Å². The SMILES string of the molecule is CC(C)c1nc(Cn2ccnc2C#N)no1. The lowest BCUT2D eigenvalue weighted by Crippen LogP contribution is -2.03. The van der Waals surface area contributed by atoms with E-state index < -0.39 is 0 Å². The molecule has 0 radical (unpaired) electrons. The Morgan fingerprint density at radius 2 is 2.38 bits per heavy atom. The third-order valence-corrected chi connectivity index (χ3v) is 2.10. The van der Waals surface area contributed by atoms with Crippen LogP contribution in [0.1, 0.15) is 37.3 Å². The predicted octanol–water partition coefficient (Wildman–Crippen LogP) is 1.31. The molecule has 0 aromatic carbocycles. The second kappa shape index (κ2) is 4.14. The Morgan fingerprint density at radius 3 is 3.00 bits per heavy atom. The zero-order chi connectivity index (χ0) is 11.5. The zero-order valence-corrected chi connectivity index (χ0v) is 9.08. The Balaban J connectivity index is 2.18. The van der Waals surface area contributed by atoms with E-state index in [0.717, 1.165) is 0 Å². The normalized spacial score (nSPS) is 10.6. The van der Waals surface area contributed by atoms with Crippen LogP contribution in [0.4, 0.5) is 0 Å². The Labute approximate surface area is 92.5 Å². The van der Waals surface area contributed by atoms with Gasteiger partial charge in [-0.25, -0.2) is 4.98 Å². The lowest BCUT2D eigenvalue weighted by atomic mass is 10.2. The Bertz CT molecular complexity index is 519. The van der Waals surface area contributed by atoms with Gasteiger partial charge in [0, 0.05) is 18.3 Å². The van der Waals surface area contributed by atoms with Crippen LogP contribution in [0.15, 0.2) is 16.9 Å². The van der Waals surface area contributed by atoms with E-state index in [-0.39, 0.29) is 5.92 Å². The minimum Gasteiger partial charge on any atom is -0.339 e. The molecule has 0 unspecified atom stereocenters. The average molecular weight is 217 g/mol. The molecule has 2 aromatic heterocycles. The molecule has 0 aliphatic heterocycles. The molecular formula is C10H11N5O. The number of nitriles is 1. The number of imidazole rings is 1. The van der Waals surface area contributed by atoms with Crippen LogP contribution in [-0.4, -0.2) is 19.7 Å². The maximum Gasteiger partial charge on any atom is 0.229 e. The first-order chi connectivity index (χ1) is 7.70. The topological polar surface area (TPSA) is 80.5 Å². The second-order valence-electron chi connectivity index (χ2n) is 3.69. The van der Waals surface area contributed by atoms with Crippen molar-refractivity contribution in [2.75, 3.05) is 0 Å². The van der Waals surface area contributed by atoms with Crippen molar-refractivity contribution in [3.05, 3.63) is 29.9 Å². The molecule has 2 aromatic rings. The summed E-state index contributed by atoms with van der Waals surface area (Å²) in [6, 6.07) is 1.99. The molecule has 0 saturated heterocycles. The third kappa shape index (κ3) is 1.93. The molecule has 0 N–H and O–H groups in total. The Hall–Kier alpha value is -2.16. The van der Waals surface area contributed by atoms with Gasteiger partial charge in [0.1, 0.15) is 6.07 Å². The van der Waals surface area contributed by atoms with Crippen molar-refractivity contribution in [2.45, 2.75) is 26.3 Å². The predicted molar refractivity (Wildman–Crippen MR) is 54.4 cm³/mol. The second-order valence-corrected chi connectivity index (χ2v) is 3.69. The number of hydrogen-bond acceptors (Lipinski definition) is 5. The van der Waals surface area contributed by atoms with E-state index in [2.05, 4.69) is 15.1 Å². The van der Waals surface area contributed by atoms with Crippen molar-refractivity contribution in [1.29, 1.82) is 5.26 Å². The van der Waals surface area contributed by atoms with Gasteiger partial charge in [-0.3, -0.25) is 0 Å². The fraction of sp³-hybridized carbons (Fsp3) is 0.400. The molecule has 0 spiro atoms. The molecule has 0 fully saturated rings. The molecule has 0 aliphatic carbocycles. The smallest absolute Gasteiger partial charge is 0.229 e. The van der Waals surface area contributed by atoms with Crippen LogP contribution in [0.3, 0.4) is 0 Å². The Kier molecular flexibility index (Phi) is 2.68. The molecule has 16 heavy (non-hydrogen) atoms. The van der Waals surface area contributed by atoms with Gasteiger partial charge in [0.15, 0.2) is 5.82 Å². The van der Waals surface area contributed by atoms with Crippen molar-refractivity contribution in [1.82, 2.24) is 19.7 Å². The lowest BCUT2D eigenvalue weighted by Gasteiger charge is -1.97. The van der Waals surface area contributed by atoms with Crippen LogP contribution < -0.4 is 0 Å². The summed E-state index contributed by atoms with van der Waals surface area (Å²) in [5.74, 6) is 1.71. The summed E-state index contributed by atoms with van der Waals surface area (Å²) < 4.78 is 6.75. The van der Waals surface area contributed by atoms with Gasteiger partial charge in [-0.1, -0.05) is 19.0 Å². The van der Waals surface area contributed by atoms with E-state index in [9.17, 15) is 0 Å². The zero-order valence-electron chi connectivity index (χ0n) is 9.08. The molecule has 0 bridgehead atoms. The van der Waals surface area contributed by atoms with Gasteiger partial charge in [-0.2, -0.15) is 10.2 Å². The summed E-state index contributed by atoms with van der Waals surface area (Å²) in [4.78, 5) is 8.11. The van der Waals surface area contributed by atoms with E-state index >= 15 is 0 Å². The first kappa shape index (κ1) is 10.4. The number of rotatable bonds is 3. The minimum absolute atomic E-state index is 0.208. The van der Waals surface area contributed by atoms with Crippen molar-refractivity contribution < 1.29 is 4.52 Å². The highest BCUT2D eigenvalue weighted by Gasteiger charge is 2.11. The van der Waals surface area contributed by atoms with E-state index in [1.165, 1.54) is 0 Å². The summed E-state index contributed by atoms with van der Waals surface area (Å²) in [6.45, 7) is 4.36. The van der Waals surface area contributed by atoms with Crippen LogP contribution in [-0.2, 0) is 6.54 Å². The number of aromatic nitrogens is 4. The summed E-state index contributed by atoms with van der Waals surface area (Å²) in [5, 5.41) is 12.6. The average Bonchev–Trinajstić information content (AvgIpc) is 2.87. The first-order valence-corrected chi connectivity index (χ1v) is 4.94. The van der Waals surface area contributed by atoms with Crippen LogP contribution in [0.2, 0.25) is 0 Å². The fourth-order valence-corrected chi connectivity index (χ4v) is 1.27. The minimum atomic E-state index is 0.208. The van der Waals surface area contributed by atoms with E-state index in [4.69, 9.17) is 9.78 Å². The molecule has 0 atom stereocenters. The van der Waals surface area contributed by atoms with Gasteiger partial charge in [-0.15, -0.1) is 0 Å². The molecule has 0 aliphatic rings. The Morgan fingerprint density at radius 1 is 1.56 bits per heavy atom. The number of nitrogens with zero attached hydrogens (tertiary/aromatic N) is 5. The van der Waals surface area contributed by atoms with Gasteiger partial charge in [-0.05, 0) is 0 Å². The number of hydrogen-bond donors (Lipinski definition) is 0. The van der Waals surface area contributed by atoms with Crippen molar-refractivity contribution >= 4 is 0 Å². The van der Waals surface area contributed by atoms with E-state index in [1.54, 1.807) is 17.0 Å². The highest BCUT2D eigenvalue weighted by molar-refractivity contribution is 5.12. The summed E-state index contributed by atoms with van der Waals surface area (Å²) in [6.07, 6.45) is 3.28. The highest BCUT2D eigenvalue weighted by Crippen LogP contribution is 2.11. The third-order valence-electron chi connectivity index (χ3n) is 2.10. The summed E-state index contributed by atoms with van der Waals surface area (Å²) in [7, 11) is 0. The van der Waals surface area contributed by atoms with Crippen molar-refractivity contribution in [3.63, 3.8) is 0 Å². The maximum absolute atomic E-state index is 8.78. The fourth-order valence-electron chi connectivity index (χ4n) is 1.27. The maximum atomic E-state index is 8.78. The van der Waals surface area contributed by atoms with Crippen molar-refractivity contribution in [2.24, 2.45) is 0 Å². The molecule has 2 heterocycles. The molecular weight excluding hydrogens is 206 g/mol. The molecule has 0 amide bonds. The van der Waals surface area contributed by atoms with E-state index in [0.29, 0.717) is 24.1 Å². The van der Waals surface area contributed by atoms with Gasteiger partial charge in [0.2, 0.25) is 11.7 Å². The van der Waals surface area contributed by atoms with Gasteiger partial charge in [0.05, 0.1) is 6.54 Å². The van der Waals surface area contributed by atoms with E-state index in [1.807, 2.05) is 19.9 Å². The lowest BCUT2D eigenvalue weighted by molar-refractivity contribution is 0.360. The monoisotopic (exact) mass is 217 g/mol. The quantitative estimate of drug-likeness (QED) is 0.774. The summed E-state index contributed by atoms with van der Waals surface area (Å²) in [5.41, 5.74) is 0. The first-order valence-electron chi connectivity index (χ1n) is 4.94. The van der Waals surface area contributed by atoms with Crippen LogP contribution >= 0.6 is 0 Å². The standard InChI is InChI=1S/C10H11N5O/c1-7(2)10-13-8(14-16-10)6-15-4-3-12-9(15)5-11/h3-4,7H,6H2,1-2H3. The highest BCUT2D eigenvalue weighted by atomic mass is 16.5. The van der Waals surface area contributed by atoms with Gasteiger partial charge < -0.3 is 9.09 Å².